The monoisotopic (exact) mass is 406 g/mol. The van der Waals surface area contributed by atoms with Gasteiger partial charge in [0.25, 0.3) is 0 Å². The summed E-state index contributed by atoms with van der Waals surface area (Å²) in [6, 6.07) is 2.88. The van der Waals surface area contributed by atoms with E-state index >= 15 is 0 Å². The third kappa shape index (κ3) is 5.45. The highest BCUT2D eigenvalue weighted by Gasteiger charge is 2.24. The molecular weight excluding hydrogens is 395 g/mol. The lowest BCUT2D eigenvalue weighted by molar-refractivity contribution is -0.116. The zero-order valence-corrected chi connectivity index (χ0v) is 15.3. The molecular formula is C16H13Cl3O6. The molecule has 2 rings (SSSR count). The molecule has 0 spiro atoms. The minimum Gasteiger partial charge on any atom is -0.467 e. The number of Topliss-reactive ketones (excluding diaryl/α,β-unsaturated/α-hetero) is 1. The Morgan fingerprint density at radius 2 is 1.68 bits per heavy atom. The van der Waals surface area contributed by atoms with Crippen molar-refractivity contribution in [1.82, 2.24) is 0 Å². The van der Waals surface area contributed by atoms with Crippen LogP contribution in [0.3, 0.4) is 0 Å². The first-order chi connectivity index (χ1) is 11.9. The van der Waals surface area contributed by atoms with Crippen molar-refractivity contribution in [1.29, 1.82) is 0 Å². The second-order valence-electron chi connectivity index (χ2n) is 4.71. The van der Waals surface area contributed by atoms with E-state index in [1.165, 1.54) is 12.1 Å². The molecule has 0 fully saturated rings. The average Bonchev–Trinajstić information content (AvgIpc) is 2.55. The van der Waals surface area contributed by atoms with Crippen LogP contribution in [0.5, 0.6) is 11.5 Å². The summed E-state index contributed by atoms with van der Waals surface area (Å²) in [5.74, 6) is -1.02. The number of hydrogen-bond donors (Lipinski definition) is 0. The topological polar surface area (TPSA) is 71.1 Å². The van der Waals surface area contributed by atoms with Crippen LogP contribution in [0.25, 0.3) is 0 Å². The van der Waals surface area contributed by atoms with Crippen LogP contribution in [0.1, 0.15) is 0 Å². The van der Waals surface area contributed by atoms with E-state index in [9.17, 15) is 9.59 Å². The van der Waals surface area contributed by atoms with E-state index in [1.54, 1.807) is 7.11 Å². The Hall–Kier alpha value is -1.57. The Kier molecular flexibility index (Phi) is 7.28. The number of ether oxygens (including phenoxy) is 4. The van der Waals surface area contributed by atoms with Crippen molar-refractivity contribution in [2.45, 2.75) is 0 Å². The van der Waals surface area contributed by atoms with E-state index in [-0.39, 0.29) is 33.4 Å². The van der Waals surface area contributed by atoms with E-state index in [0.717, 1.165) is 12.2 Å². The van der Waals surface area contributed by atoms with Crippen molar-refractivity contribution in [3.63, 3.8) is 0 Å². The highest BCUT2D eigenvalue weighted by Crippen LogP contribution is 2.38. The SMILES string of the molecule is COCCOCOc1cc(Cl)c(OC2=CC(=O)C=C(Cl)C2=O)c(Cl)c1. The quantitative estimate of drug-likeness (QED) is 0.373. The summed E-state index contributed by atoms with van der Waals surface area (Å²) >= 11 is 17.9. The zero-order chi connectivity index (χ0) is 18.4. The summed E-state index contributed by atoms with van der Waals surface area (Å²) in [5, 5.41) is -0.0691. The molecule has 0 radical (unpaired) electrons. The van der Waals surface area contributed by atoms with E-state index in [2.05, 4.69) is 0 Å². The number of ketones is 2. The number of methoxy groups -OCH3 is 1. The van der Waals surface area contributed by atoms with Gasteiger partial charge in [0.15, 0.2) is 24.1 Å². The van der Waals surface area contributed by atoms with Gasteiger partial charge >= 0.3 is 0 Å². The normalized spacial score (nSPS) is 14.2. The lowest BCUT2D eigenvalue weighted by Gasteiger charge is -2.15. The number of carbonyl (C=O) groups is 2. The van der Waals surface area contributed by atoms with Gasteiger partial charge < -0.3 is 18.9 Å². The van der Waals surface area contributed by atoms with E-state index in [0.29, 0.717) is 19.0 Å². The molecule has 9 heteroatoms. The fourth-order valence-electron chi connectivity index (χ4n) is 1.76. The summed E-state index contributed by atoms with van der Waals surface area (Å²) in [4.78, 5) is 23.4. The van der Waals surface area contributed by atoms with Gasteiger partial charge in [-0.2, -0.15) is 0 Å². The van der Waals surface area contributed by atoms with Gasteiger partial charge in [0.2, 0.25) is 5.78 Å². The lowest BCUT2D eigenvalue weighted by atomic mass is 10.1. The van der Waals surface area contributed by atoms with Gasteiger partial charge in [0.1, 0.15) is 5.75 Å². The van der Waals surface area contributed by atoms with Crippen LogP contribution >= 0.6 is 34.8 Å². The van der Waals surface area contributed by atoms with Gasteiger partial charge in [-0.05, 0) is 0 Å². The number of carbonyl (C=O) groups excluding carboxylic acids is 2. The minimum atomic E-state index is -0.639. The maximum Gasteiger partial charge on any atom is 0.239 e. The maximum atomic E-state index is 11.9. The van der Waals surface area contributed by atoms with Crippen LogP contribution in [0.2, 0.25) is 10.0 Å². The first-order valence-electron chi connectivity index (χ1n) is 6.96. The molecule has 0 heterocycles. The molecule has 134 valence electrons. The van der Waals surface area contributed by atoms with Crippen molar-refractivity contribution >= 4 is 46.4 Å². The van der Waals surface area contributed by atoms with Crippen LogP contribution in [-0.2, 0) is 19.1 Å². The predicted molar refractivity (Wildman–Crippen MR) is 92.4 cm³/mol. The first-order valence-corrected chi connectivity index (χ1v) is 8.09. The van der Waals surface area contributed by atoms with Gasteiger partial charge in [-0.3, -0.25) is 9.59 Å². The zero-order valence-electron chi connectivity index (χ0n) is 13.0. The third-order valence-electron chi connectivity index (χ3n) is 2.91. The van der Waals surface area contributed by atoms with Gasteiger partial charge in [0.05, 0.1) is 28.3 Å². The first kappa shape index (κ1) is 19.8. The Morgan fingerprint density at radius 3 is 2.32 bits per heavy atom. The van der Waals surface area contributed by atoms with E-state index in [1.807, 2.05) is 0 Å². The van der Waals surface area contributed by atoms with Crippen molar-refractivity contribution in [2.24, 2.45) is 0 Å². The minimum absolute atomic E-state index is 0.00903. The highest BCUT2D eigenvalue weighted by atomic mass is 35.5. The molecule has 0 atom stereocenters. The fraction of sp³-hybridized carbons (Fsp3) is 0.250. The van der Waals surface area contributed by atoms with Crippen molar-refractivity contribution < 1.29 is 28.5 Å². The Balaban J connectivity index is 2.07. The molecule has 0 aliphatic heterocycles. The number of hydrogen-bond acceptors (Lipinski definition) is 6. The summed E-state index contributed by atoms with van der Waals surface area (Å²) in [6.45, 7) is 0.795. The molecule has 1 aliphatic carbocycles. The molecule has 0 amide bonds. The number of rotatable bonds is 8. The van der Waals surface area contributed by atoms with Crippen LogP contribution in [0.15, 0.2) is 35.1 Å². The third-order valence-corrected chi connectivity index (χ3v) is 3.75. The molecule has 0 unspecified atom stereocenters. The standard InChI is InChI=1S/C16H13Cl3O6/c1-22-2-3-23-8-24-10-6-12(18)16(13(19)7-10)25-14-5-9(20)4-11(17)15(14)21/h4-7H,2-3,8H2,1H3. The molecule has 1 aromatic carbocycles. The smallest absolute Gasteiger partial charge is 0.239 e. The molecule has 0 saturated carbocycles. The molecule has 1 aliphatic rings. The second kappa shape index (κ2) is 9.22. The maximum absolute atomic E-state index is 11.9. The highest BCUT2D eigenvalue weighted by molar-refractivity contribution is 6.47. The second-order valence-corrected chi connectivity index (χ2v) is 5.94. The predicted octanol–water partition coefficient (Wildman–Crippen LogP) is 3.53. The molecule has 0 aromatic heterocycles. The van der Waals surface area contributed by atoms with Gasteiger partial charge in [0, 0.05) is 31.4 Å². The van der Waals surface area contributed by atoms with E-state index < -0.39 is 11.6 Å². The van der Waals surface area contributed by atoms with Crippen molar-refractivity contribution in [3.05, 3.63) is 45.1 Å². The molecule has 6 nitrogen and oxygen atoms in total. The summed E-state index contributed by atoms with van der Waals surface area (Å²) in [5.41, 5.74) is 0. The lowest BCUT2D eigenvalue weighted by Crippen LogP contribution is -2.16. The van der Waals surface area contributed by atoms with Crippen molar-refractivity contribution in [3.8, 4) is 11.5 Å². The number of benzene rings is 1. The van der Waals surface area contributed by atoms with Crippen molar-refractivity contribution in [2.75, 3.05) is 27.1 Å². The van der Waals surface area contributed by atoms with Crippen LogP contribution in [-0.4, -0.2) is 38.7 Å². The van der Waals surface area contributed by atoms with Gasteiger partial charge in [-0.15, -0.1) is 0 Å². The molecule has 25 heavy (non-hydrogen) atoms. The van der Waals surface area contributed by atoms with Crippen LogP contribution in [0.4, 0.5) is 0 Å². The largest absolute Gasteiger partial charge is 0.467 e. The Bertz CT molecular complexity index is 718. The number of allylic oxidation sites excluding steroid dienone is 3. The summed E-state index contributed by atoms with van der Waals surface area (Å²) in [7, 11) is 1.56. The van der Waals surface area contributed by atoms with Crippen LogP contribution in [0, 0.1) is 0 Å². The van der Waals surface area contributed by atoms with Crippen LogP contribution < -0.4 is 9.47 Å². The van der Waals surface area contributed by atoms with Gasteiger partial charge in [-0.1, -0.05) is 34.8 Å². The molecule has 0 saturated heterocycles. The molecule has 1 aromatic rings. The summed E-state index contributed by atoms with van der Waals surface area (Å²) in [6.07, 6.45) is 2.01. The summed E-state index contributed by atoms with van der Waals surface area (Å²) < 4.78 is 20.7. The Morgan fingerprint density at radius 1 is 1.00 bits per heavy atom. The van der Waals surface area contributed by atoms with Gasteiger partial charge in [-0.25, -0.2) is 0 Å². The fourth-order valence-corrected chi connectivity index (χ4v) is 2.50. The Labute approximate surface area is 158 Å². The molecule has 0 bridgehead atoms. The van der Waals surface area contributed by atoms with E-state index in [4.69, 9.17) is 53.8 Å². The average molecular weight is 408 g/mol. The molecule has 0 N–H and O–H groups in total. The number of halogens is 3.